The summed E-state index contributed by atoms with van der Waals surface area (Å²) in [7, 11) is 0. The molecule has 0 radical (unpaired) electrons. The van der Waals surface area contributed by atoms with E-state index >= 15 is 0 Å². The maximum Gasteiger partial charge on any atom is 0.0575 e. The van der Waals surface area contributed by atoms with Gasteiger partial charge in [0.15, 0.2) is 0 Å². The van der Waals surface area contributed by atoms with Gasteiger partial charge in [-0.05, 0) is 83.7 Å². The summed E-state index contributed by atoms with van der Waals surface area (Å²) < 4.78 is 0. The lowest BCUT2D eigenvalue weighted by Crippen LogP contribution is -2.45. The molecule has 2 unspecified atom stereocenters. The minimum Gasteiger partial charge on any atom is -0.330 e. The van der Waals surface area contributed by atoms with Gasteiger partial charge in [-0.25, -0.2) is 0 Å². The molecule has 10 N–H and O–H groups in total. The highest BCUT2D eigenvalue weighted by molar-refractivity contribution is 4.72. The van der Waals surface area contributed by atoms with Crippen molar-refractivity contribution in [1.82, 2.24) is 10.6 Å². The van der Waals surface area contributed by atoms with E-state index in [0.717, 1.165) is 71.2 Å². The fourth-order valence-electron chi connectivity index (χ4n) is 2.27. The molecular formula is C14H36N6. The molecule has 0 heterocycles. The van der Waals surface area contributed by atoms with Gasteiger partial charge < -0.3 is 33.6 Å². The first-order valence-electron chi connectivity index (χ1n) is 8.06. The zero-order valence-corrected chi connectivity index (χ0v) is 12.9. The Morgan fingerprint density at radius 3 is 2.05 bits per heavy atom. The SMILES string of the molecule is NCCCCNCCCNC(N)C(CCN)CCCN. The topological polar surface area (TPSA) is 128 Å². The van der Waals surface area contributed by atoms with E-state index in [1.807, 2.05) is 0 Å². The van der Waals surface area contributed by atoms with Crippen LogP contribution < -0.4 is 33.6 Å². The number of rotatable bonds is 15. The van der Waals surface area contributed by atoms with Crippen LogP contribution in [0.2, 0.25) is 0 Å². The summed E-state index contributed by atoms with van der Waals surface area (Å²) in [6.45, 7) is 5.20. The molecule has 0 saturated heterocycles. The van der Waals surface area contributed by atoms with E-state index in [0.29, 0.717) is 12.5 Å². The van der Waals surface area contributed by atoms with Gasteiger partial charge in [0.05, 0.1) is 6.17 Å². The molecule has 122 valence electrons. The Balaban J connectivity index is 3.54. The van der Waals surface area contributed by atoms with Crippen molar-refractivity contribution in [2.24, 2.45) is 28.9 Å². The van der Waals surface area contributed by atoms with Crippen LogP contribution in [0.1, 0.15) is 38.5 Å². The second kappa shape index (κ2) is 15.2. The predicted octanol–water partition coefficient (Wildman–Crippen LogP) is -0.717. The lowest BCUT2D eigenvalue weighted by Gasteiger charge is -2.24. The molecule has 0 aromatic rings. The minimum atomic E-state index is 0.0299. The van der Waals surface area contributed by atoms with Gasteiger partial charge in [0.2, 0.25) is 0 Å². The monoisotopic (exact) mass is 288 g/mol. The summed E-state index contributed by atoms with van der Waals surface area (Å²) in [5.74, 6) is 0.432. The third-order valence-electron chi connectivity index (χ3n) is 3.54. The third kappa shape index (κ3) is 11.6. The van der Waals surface area contributed by atoms with Crippen molar-refractivity contribution in [2.75, 3.05) is 39.3 Å². The first-order valence-corrected chi connectivity index (χ1v) is 8.06. The Morgan fingerprint density at radius 2 is 1.40 bits per heavy atom. The smallest absolute Gasteiger partial charge is 0.0575 e. The summed E-state index contributed by atoms with van der Waals surface area (Å²) in [4.78, 5) is 0. The van der Waals surface area contributed by atoms with E-state index in [9.17, 15) is 0 Å². The molecule has 0 saturated carbocycles. The van der Waals surface area contributed by atoms with Crippen molar-refractivity contribution < 1.29 is 0 Å². The van der Waals surface area contributed by atoms with Crippen LogP contribution in [-0.4, -0.2) is 45.4 Å². The Morgan fingerprint density at radius 1 is 0.700 bits per heavy atom. The quantitative estimate of drug-likeness (QED) is 0.174. The fourth-order valence-corrected chi connectivity index (χ4v) is 2.27. The molecule has 6 nitrogen and oxygen atoms in total. The summed E-state index contributed by atoms with van der Waals surface area (Å²) in [5.41, 5.74) is 22.8. The van der Waals surface area contributed by atoms with Gasteiger partial charge in [0, 0.05) is 0 Å². The molecule has 0 amide bonds. The fraction of sp³-hybridized carbons (Fsp3) is 1.00. The number of hydrogen-bond acceptors (Lipinski definition) is 6. The molecule has 0 rings (SSSR count). The van der Waals surface area contributed by atoms with Gasteiger partial charge >= 0.3 is 0 Å². The van der Waals surface area contributed by atoms with Crippen molar-refractivity contribution in [1.29, 1.82) is 0 Å². The van der Waals surface area contributed by atoms with Crippen LogP contribution in [0.25, 0.3) is 0 Å². The summed E-state index contributed by atoms with van der Waals surface area (Å²) in [6.07, 6.45) is 6.40. The summed E-state index contributed by atoms with van der Waals surface area (Å²) in [5, 5.41) is 6.81. The van der Waals surface area contributed by atoms with Gasteiger partial charge in [-0.2, -0.15) is 0 Å². The molecule has 0 aliphatic carbocycles. The van der Waals surface area contributed by atoms with Crippen LogP contribution in [-0.2, 0) is 0 Å². The normalized spacial score (nSPS) is 14.4. The maximum atomic E-state index is 6.18. The van der Waals surface area contributed by atoms with Gasteiger partial charge in [-0.15, -0.1) is 0 Å². The number of nitrogens with two attached hydrogens (primary N) is 4. The molecule has 0 bridgehead atoms. The molecule has 2 atom stereocenters. The Hall–Kier alpha value is -0.240. The third-order valence-corrected chi connectivity index (χ3v) is 3.54. The van der Waals surface area contributed by atoms with Crippen molar-refractivity contribution in [3.63, 3.8) is 0 Å². The standard InChI is InChI=1S/C14H36N6/c15-7-1-2-10-19-11-4-12-20-14(18)13(6-9-17)5-3-8-16/h13-14,19-20H,1-12,15-18H2. The molecule has 0 aromatic heterocycles. The first-order chi connectivity index (χ1) is 9.76. The molecule has 0 aromatic carbocycles. The van der Waals surface area contributed by atoms with Gasteiger partial charge in [-0.3, -0.25) is 0 Å². The number of nitrogens with one attached hydrogen (secondary N) is 2. The lowest BCUT2D eigenvalue weighted by atomic mass is 9.96. The molecule has 0 spiro atoms. The average molecular weight is 288 g/mol. The zero-order chi connectivity index (χ0) is 15.1. The van der Waals surface area contributed by atoms with Crippen LogP contribution >= 0.6 is 0 Å². The Bertz CT molecular complexity index is 191. The lowest BCUT2D eigenvalue weighted by molar-refractivity contribution is 0.319. The van der Waals surface area contributed by atoms with E-state index < -0.39 is 0 Å². The highest BCUT2D eigenvalue weighted by Crippen LogP contribution is 2.12. The number of unbranched alkanes of at least 4 members (excludes halogenated alkanes) is 1. The van der Waals surface area contributed by atoms with Crippen molar-refractivity contribution in [2.45, 2.75) is 44.7 Å². The average Bonchev–Trinajstić information content (AvgIpc) is 2.46. The van der Waals surface area contributed by atoms with Crippen molar-refractivity contribution in [3.8, 4) is 0 Å². The van der Waals surface area contributed by atoms with Gasteiger partial charge in [0.25, 0.3) is 0 Å². The minimum absolute atomic E-state index is 0.0299. The largest absolute Gasteiger partial charge is 0.330 e. The van der Waals surface area contributed by atoms with E-state index in [-0.39, 0.29) is 6.17 Å². The van der Waals surface area contributed by atoms with Crippen LogP contribution in [0.4, 0.5) is 0 Å². The van der Waals surface area contributed by atoms with E-state index in [1.54, 1.807) is 0 Å². The van der Waals surface area contributed by atoms with Crippen LogP contribution in [0.5, 0.6) is 0 Å². The second-order valence-corrected chi connectivity index (χ2v) is 5.35. The zero-order valence-electron chi connectivity index (χ0n) is 12.9. The van der Waals surface area contributed by atoms with E-state index in [2.05, 4.69) is 10.6 Å². The molecule has 20 heavy (non-hydrogen) atoms. The van der Waals surface area contributed by atoms with Gasteiger partial charge in [0.1, 0.15) is 0 Å². The molecule has 6 heteroatoms. The Kier molecular flexibility index (Phi) is 15.0. The van der Waals surface area contributed by atoms with Crippen LogP contribution in [0.3, 0.4) is 0 Å². The summed E-state index contributed by atoms with van der Waals surface area (Å²) in [6, 6.07) is 0. The van der Waals surface area contributed by atoms with Crippen LogP contribution in [0.15, 0.2) is 0 Å². The number of hydrogen-bond donors (Lipinski definition) is 6. The van der Waals surface area contributed by atoms with E-state index in [1.165, 1.54) is 0 Å². The van der Waals surface area contributed by atoms with Crippen molar-refractivity contribution in [3.05, 3.63) is 0 Å². The predicted molar refractivity (Wildman–Crippen MR) is 87.2 cm³/mol. The maximum absolute atomic E-state index is 6.18. The summed E-state index contributed by atoms with van der Waals surface area (Å²) >= 11 is 0. The Labute approximate surface area is 124 Å². The molecular weight excluding hydrogens is 252 g/mol. The molecule has 0 fully saturated rings. The first kappa shape index (κ1) is 19.8. The molecule has 0 aliphatic rings. The second-order valence-electron chi connectivity index (χ2n) is 5.35. The van der Waals surface area contributed by atoms with Gasteiger partial charge in [-0.1, -0.05) is 0 Å². The van der Waals surface area contributed by atoms with Crippen LogP contribution in [0, 0.1) is 5.92 Å². The molecule has 0 aliphatic heterocycles. The highest BCUT2D eigenvalue weighted by atomic mass is 15.0. The van der Waals surface area contributed by atoms with Crippen molar-refractivity contribution >= 4 is 0 Å². The van der Waals surface area contributed by atoms with E-state index in [4.69, 9.17) is 22.9 Å². The highest BCUT2D eigenvalue weighted by Gasteiger charge is 2.15.